The summed E-state index contributed by atoms with van der Waals surface area (Å²) in [6.45, 7) is 3.85. The van der Waals surface area contributed by atoms with E-state index in [4.69, 9.17) is 17.4 Å². The smallest absolute Gasteiger partial charge is 0.272 e. The summed E-state index contributed by atoms with van der Waals surface area (Å²) in [6.07, 6.45) is 0. The predicted molar refractivity (Wildman–Crippen MR) is 72.7 cm³/mol. The topological polar surface area (TPSA) is 109 Å². The van der Waals surface area contributed by atoms with Crippen LogP contribution in [0.3, 0.4) is 0 Å². The minimum absolute atomic E-state index is 0.00765. The van der Waals surface area contributed by atoms with Gasteiger partial charge >= 0.3 is 0 Å². The lowest BCUT2D eigenvalue weighted by Gasteiger charge is -2.13. The number of nitrogens with two attached hydrogens (primary N) is 1. The van der Waals surface area contributed by atoms with Crippen molar-refractivity contribution in [3.63, 3.8) is 0 Å². The van der Waals surface area contributed by atoms with Gasteiger partial charge < -0.3 is 16.1 Å². The molecule has 0 aliphatic rings. The Kier molecular flexibility index (Phi) is 5.53. The normalized spacial score (nSPS) is 11.6. The first kappa shape index (κ1) is 15.2. The maximum atomic E-state index is 11.9. The van der Waals surface area contributed by atoms with E-state index >= 15 is 0 Å². The number of amides is 2. The summed E-state index contributed by atoms with van der Waals surface area (Å²) in [5.74, 6) is 4.69. The lowest BCUT2D eigenvalue weighted by molar-refractivity contribution is -0.122. The number of hydrogen-bond donors (Lipinski definition) is 4. The third-order valence-corrected chi connectivity index (χ3v) is 2.61. The second kappa shape index (κ2) is 6.91. The number of likely N-dealkylation sites (N-methyl/N-ethyl adjacent to an activating group) is 1. The van der Waals surface area contributed by atoms with E-state index < -0.39 is 11.9 Å². The number of nitrogens with zero attached hydrogens (tertiary/aromatic N) is 1. The van der Waals surface area contributed by atoms with Gasteiger partial charge in [-0.25, -0.2) is 10.8 Å². The van der Waals surface area contributed by atoms with E-state index in [-0.39, 0.29) is 16.6 Å². The van der Waals surface area contributed by atoms with E-state index in [1.165, 1.54) is 12.1 Å². The summed E-state index contributed by atoms with van der Waals surface area (Å²) in [5.41, 5.74) is 2.32. The van der Waals surface area contributed by atoms with Gasteiger partial charge in [0.15, 0.2) is 0 Å². The zero-order chi connectivity index (χ0) is 14.4. The fourth-order valence-corrected chi connectivity index (χ4v) is 1.53. The summed E-state index contributed by atoms with van der Waals surface area (Å²) in [5, 5.41) is 5.29. The molecule has 0 bridgehead atoms. The second-order valence-electron chi connectivity index (χ2n) is 3.76. The molecule has 1 atom stereocenters. The van der Waals surface area contributed by atoms with E-state index in [9.17, 15) is 9.59 Å². The Balaban J connectivity index is 2.80. The molecule has 8 heteroatoms. The van der Waals surface area contributed by atoms with E-state index in [1.807, 2.05) is 0 Å². The molecule has 2 amide bonds. The van der Waals surface area contributed by atoms with Crippen LogP contribution in [0.2, 0.25) is 5.02 Å². The summed E-state index contributed by atoms with van der Waals surface area (Å²) in [4.78, 5) is 27.4. The number of carbonyl (C=O) groups is 2. The van der Waals surface area contributed by atoms with Crippen molar-refractivity contribution in [3.05, 3.63) is 22.8 Å². The van der Waals surface area contributed by atoms with E-state index in [0.717, 1.165) is 0 Å². The van der Waals surface area contributed by atoms with Crippen LogP contribution in [0.25, 0.3) is 0 Å². The molecule has 1 rings (SSSR count). The van der Waals surface area contributed by atoms with Crippen LogP contribution in [0.5, 0.6) is 0 Å². The molecule has 1 unspecified atom stereocenters. The predicted octanol–water partition coefficient (Wildman–Crippen LogP) is 0.275. The van der Waals surface area contributed by atoms with Crippen molar-refractivity contribution in [1.29, 1.82) is 0 Å². The van der Waals surface area contributed by atoms with Crippen molar-refractivity contribution in [2.75, 3.05) is 12.0 Å². The molecule has 19 heavy (non-hydrogen) atoms. The van der Waals surface area contributed by atoms with Gasteiger partial charge in [0, 0.05) is 6.54 Å². The number of hydrazine groups is 1. The van der Waals surface area contributed by atoms with Crippen LogP contribution < -0.4 is 21.9 Å². The van der Waals surface area contributed by atoms with Gasteiger partial charge in [0.2, 0.25) is 5.91 Å². The first-order valence-electron chi connectivity index (χ1n) is 5.71. The van der Waals surface area contributed by atoms with Gasteiger partial charge in [-0.2, -0.15) is 0 Å². The molecule has 0 aliphatic heterocycles. The van der Waals surface area contributed by atoms with Crippen molar-refractivity contribution < 1.29 is 9.59 Å². The molecule has 1 aromatic rings. The fraction of sp³-hybridized carbons (Fsp3) is 0.364. The molecule has 5 N–H and O–H groups in total. The molecule has 0 aliphatic carbocycles. The number of nitrogens with one attached hydrogen (secondary N) is 3. The lowest BCUT2D eigenvalue weighted by atomic mass is 10.2. The molecule has 0 saturated carbocycles. The van der Waals surface area contributed by atoms with E-state index in [2.05, 4.69) is 21.0 Å². The summed E-state index contributed by atoms with van der Waals surface area (Å²) < 4.78 is 0. The number of hydrogen-bond acceptors (Lipinski definition) is 5. The molecule has 104 valence electrons. The molecule has 0 fully saturated rings. The maximum absolute atomic E-state index is 11.9. The van der Waals surface area contributed by atoms with Gasteiger partial charge in [0.05, 0.1) is 5.02 Å². The van der Waals surface area contributed by atoms with Gasteiger partial charge in [0.25, 0.3) is 5.91 Å². The maximum Gasteiger partial charge on any atom is 0.272 e. The molecular formula is C11H16ClN5O2. The molecule has 0 radical (unpaired) electrons. The molecule has 0 spiro atoms. The van der Waals surface area contributed by atoms with Gasteiger partial charge in [-0.15, -0.1) is 0 Å². The molecule has 0 saturated heterocycles. The summed E-state index contributed by atoms with van der Waals surface area (Å²) in [7, 11) is 0. The second-order valence-corrected chi connectivity index (χ2v) is 4.17. The minimum Gasteiger partial charge on any atom is -0.355 e. The summed E-state index contributed by atoms with van der Waals surface area (Å²) in [6, 6.07) is 2.35. The highest BCUT2D eigenvalue weighted by molar-refractivity contribution is 6.33. The highest BCUT2D eigenvalue weighted by Crippen LogP contribution is 2.16. The van der Waals surface area contributed by atoms with Crippen LogP contribution in [0, 0.1) is 0 Å². The molecule has 1 heterocycles. The van der Waals surface area contributed by atoms with Gasteiger partial charge in [-0.3, -0.25) is 9.59 Å². The Morgan fingerprint density at radius 2 is 2.16 bits per heavy atom. The van der Waals surface area contributed by atoms with Crippen LogP contribution in [0.15, 0.2) is 12.1 Å². The number of halogens is 1. The monoisotopic (exact) mass is 285 g/mol. The van der Waals surface area contributed by atoms with Crippen molar-refractivity contribution >= 4 is 29.2 Å². The van der Waals surface area contributed by atoms with E-state index in [0.29, 0.717) is 12.4 Å². The largest absolute Gasteiger partial charge is 0.355 e. The van der Waals surface area contributed by atoms with Crippen LogP contribution in [0.4, 0.5) is 5.82 Å². The molecule has 0 aromatic carbocycles. The number of carbonyl (C=O) groups excluding carboxylic acids is 2. The van der Waals surface area contributed by atoms with Crippen LogP contribution >= 0.6 is 11.6 Å². The molecule has 7 nitrogen and oxygen atoms in total. The van der Waals surface area contributed by atoms with Crippen LogP contribution in [-0.2, 0) is 4.79 Å². The Hall–Kier alpha value is -1.86. The lowest BCUT2D eigenvalue weighted by Crippen LogP contribution is -2.45. The number of aromatic nitrogens is 1. The highest BCUT2D eigenvalue weighted by atomic mass is 35.5. The molecule has 1 aromatic heterocycles. The van der Waals surface area contributed by atoms with Gasteiger partial charge in [-0.1, -0.05) is 11.6 Å². The van der Waals surface area contributed by atoms with Gasteiger partial charge in [0.1, 0.15) is 17.6 Å². The number of anilines is 1. The number of pyridine rings is 1. The SMILES string of the molecule is CCNC(=O)C(C)NC(=O)c1nc(NN)ccc1Cl. The number of rotatable bonds is 5. The Morgan fingerprint density at radius 3 is 2.74 bits per heavy atom. The third kappa shape index (κ3) is 4.08. The first-order valence-corrected chi connectivity index (χ1v) is 6.09. The average Bonchev–Trinajstić information content (AvgIpc) is 2.39. The van der Waals surface area contributed by atoms with Crippen molar-refractivity contribution in [2.24, 2.45) is 5.84 Å². The summed E-state index contributed by atoms with van der Waals surface area (Å²) >= 11 is 5.88. The Morgan fingerprint density at radius 1 is 1.47 bits per heavy atom. The zero-order valence-corrected chi connectivity index (χ0v) is 11.4. The quantitative estimate of drug-likeness (QED) is 0.459. The highest BCUT2D eigenvalue weighted by Gasteiger charge is 2.19. The van der Waals surface area contributed by atoms with E-state index in [1.54, 1.807) is 13.8 Å². The fourth-order valence-electron chi connectivity index (χ4n) is 1.34. The average molecular weight is 286 g/mol. The van der Waals surface area contributed by atoms with Crippen LogP contribution in [0.1, 0.15) is 24.3 Å². The van der Waals surface area contributed by atoms with Crippen molar-refractivity contribution in [2.45, 2.75) is 19.9 Å². The third-order valence-electron chi connectivity index (χ3n) is 2.30. The standard InChI is InChI=1S/C11H16ClN5O2/c1-3-14-10(18)6(2)15-11(19)9-7(12)4-5-8(16-9)17-13/h4-6H,3,13H2,1-2H3,(H,14,18)(H,15,19)(H,16,17). The van der Waals surface area contributed by atoms with Gasteiger partial charge in [-0.05, 0) is 26.0 Å². The zero-order valence-electron chi connectivity index (χ0n) is 10.7. The molecular weight excluding hydrogens is 270 g/mol. The van der Waals surface area contributed by atoms with Crippen molar-refractivity contribution in [1.82, 2.24) is 15.6 Å². The van der Waals surface area contributed by atoms with Crippen molar-refractivity contribution in [3.8, 4) is 0 Å². The number of nitrogen functional groups attached to an aromatic ring is 1. The first-order chi connectivity index (χ1) is 8.99. The Bertz CT molecular complexity index is 480. The Labute approximate surface area is 115 Å². The van der Waals surface area contributed by atoms with Crippen LogP contribution in [-0.4, -0.2) is 29.4 Å². The minimum atomic E-state index is -0.681.